The molecule has 4 aromatic rings. The Hall–Kier alpha value is -5.74. The zero-order valence-corrected chi connectivity index (χ0v) is 38.3. The van der Waals surface area contributed by atoms with Crippen molar-refractivity contribution in [2.75, 3.05) is 13.2 Å². The molecule has 4 amide bonds. The molecule has 2 aromatic heterocycles. The molecular weight excluding hydrogens is 841 g/mol. The number of primary amides is 2. The Labute approximate surface area is 384 Å². The molecule has 6 unspecified atom stereocenters. The van der Waals surface area contributed by atoms with Crippen LogP contribution in [0.4, 0.5) is 9.59 Å². The van der Waals surface area contributed by atoms with E-state index in [1.165, 1.54) is 0 Å². The Kier molecular flexibility index (Phi) is 11.5. The molecule has 2 aliphatic carbocycles. The van der Waals surface area contributed by atoms with Gasteiger partial charge in [-0.15, -0.1) is 0 Å². The van der Waals surface area contributed by atoms with Crippen molar-refractivity contribution in [3.8, 4) is 33.6 Å². The fourth-order valence-electron chi connectivity index (χ4n) is 11.7. The van der Waals surface area contributed by atoms with Gasteiger partial charge in [-0.3, -0.25) is 9.59 Å². The molecule has 66 heavy (non-hydrogen) atoms. The second kappa shape index (κ2) is 17.2. The van der Waals surface area contributed by atoms with Crippen LogP contribution in [0.3, 0.4) is 0 Å². The fourth-order valence-corrected chi connectivity index (χ4v) is 11.7. The molecule has 10 rings (SSSR count). The van der Waals surface area contributed by atoms with Gasteiger partial charge in [0.25, 0.3) is 11.8 Å². The molecule has 4 aliphatic heterocycles. The monoisotopic (exact) mass is 902 g/mol. The number of nitrogens with two attached hydrogens (primary N) is 2. The quantitative estimate of drug-likeness (QED) is 0.115. The van der Waals surface area contributed by atoms with Crippen molar-refractivity contribution in [1.29, 1.82) is 0 Å². The van der Waals surface area contributed by atoms with E-state index < -0.39 is 24.4 Å². The third-order valence-corrected chi connectivity index (χ3v) is 15.8. The van der Waals surface area contributed by atoms with Crippen molar-refractivity contribution in [3.05, 3.63) is 71.6 Å². The van der Waals surface area contributed by atoms with E-state index in [4.69, 9.17) is 40.4 Å². The number of nitrogens with one attached hydrogen (secondary N) is 2. The lowest BCUT2D eigenvalue weighted by Gasteiger charge is -2.37. The first-order valence-electron chi connectivity index (χ1n) is 23.9. The number of hydrogen-bond donors (Lipinski definition) is 4. The first-order valence-corrected chi connectivity index (χ1v) is 23.9. The maximum atomic E-state index is 14.3. The second-order valence-corrected chi connectivity index (χ2v) is 20.0. The number of benzene rings is 2. The van der Waals surface area contributed by atoms with Crippen LogP contribution < -0.4 is 11.5 Å². The molecule has 2 saturated carbocycles. The van der Waals surface area contributed by atoms with Crippen LogP contribution in [-0.4, -0.2) is 102 Å². The van der Waals surface area contributed by atoms with Crippen LogP contribution in [-0.2, 0) is 28.5 Å². The van der Waals surface area contributed by atoms with Crippen molar-refractivity contribution in [1.82, 2.24) is 29.7 Å². The highest BCUT2D eigenvalue weighted by molar-refractivity contribution is 5.85. The summed E-state index contributed by atoms with van der Waals surface area (Å²) in [5.41, 5.74) is 18.8. The van der Waals surface area contributed by atoms with E-state index in [1.807, 2.05) is 36.0 Å². The van der Waals surface area contributed by atoms with Gasteiger partial charge in [-0.05, 0) is 133 Å². The number of amides is 4. The van der Waals surface area contributed by atoms with Gasteiger partial charge in [0.15, 0.2) is 12.2 Å². The van der Waals surface area contributed by atoms with E-state index in [9.17, 15) is 19.2 Å². The van der Waals surface area contributed by atoms with E-state index in [1.54, 1.807) is 0 Å². The highest BCUT2D eigenvalue weighted by atomic mass is 16.6. The summed E-state index contributed by atoms with van der Waals surface area (Å²) < 4.78 is 23.2. The second-order valence-electron chi connectivity index (χ2n) is 20.0. The number of likely N-dealkylation sites (tertiary alicyclic amines) is 2. The molecule has 8 atom stereocenters. The normalized spacial score (nSPS) is 27.2. The van der Waals surface area contributed by atoms with Crippen LogP contribution in [0.1, 0.15) is 126 Å². The number of H-pyrrole nitrogens is 2. The van der Waals surface area contributed by atoms with E-state index in [2.05, 4.69) is 60.2 Å². The number of nitrogens with zero attached hydrogens (tertiary/aromatic N) is 4. The molecule has 6 heterocycles. The lowest BCUT2D eigenvalue weighted by atomic mass is 9.88. The SMILES string of the molecule is Cc1c(-c2ccc(-c3cnc(C4CC[C@H](C)N4C(=O)C(OC(N)=O)C4CCOC5(CC5)C4)[nH]3)cc2)ccc(-c2cnc(C3CC[C@H](C)N3C(=O)C(OC(N)=O)C3CCOC4(CC4)C3)[nH]2)c1C. The van der Waals surface area contributed by atoms with Crippen LogP contribution in [0.5, 0.6) is 0 Å². The van der Waals surface area contributed by atoms with Crippen LogP contribution in [0.25, 0.3) is 33.6 Å². The molecule has 2 aromatic carbocycles. The molecule has 6 aliphatic rings. The van der Waals surface area contributed by atoms with Crippen LogP contribution in [0.2, 0.25) is 0 Å². The summed E-state index contributed by atoms with van der Waals surface area (Å²) in [5, 5.41) is 0. The third kappa shape index (κ3) is 8.35. The number of ether oxygens (including phenoxy) is 4. The predicted molar refractivity (Wildman–Crippen MR) is 243 cm³/mol. The fraction of sp³-hybridized carbons (Fsp3) is 0.560. The minimum Gasteiger partial charge on any atom is -0.436 e. The Morgan fingerprint density at radius 1 is 0.636 bits per heavy atom. The number of hydrogen-bond acceptors (Lipinski definition) is 10. The van der Waals surface area contributed by atoms with Gasteiger partial charge in [-0.2, -0.15) is 0 Å². The van der Waals surface area contributed by atoms with Crippen molar-refractivity contribution in [3.63, 3.8) is 0 Å². The summed E-state index contributed by atoms with van der Waals surface area (Å²) in [6.07, 6.45) is 9.39. The summed E-state index contributed by atoms with van der Waals surface area (Å²) in [6.45, 7) is 9.38. The van der Waals surface area contributed by atoms with Gasteiger partial charge in [-0.1, -0.05) is 36.4 Å². The Bertz CT molecular complexity index is 2510. The maximum absolute atomic E-state index is 14.3. The molecule has 16 heteroatoms. The lowest BCUT2D eigenvalue weighted by molar-refractivity contribution is -0.151. The van der Waals surface area contributed by atoms with Gasteiger partial charge >= 0.3 is 12.2 Å². The van der Waals surface area contributed by atoms with E-state index in [0.29, 0.717) is 50.5 Å². The van der Waals surface area contributed by atoms with E-state index in [-0.39, 0.29) is 59.0 Å². The minimum absolute atomic E-state index is 0.0593. The molecule has 6 N–H and O–H groups in total. The summed E-state index contributed by atoms with van der Waals surface area (Å²) in [6, 6.07) is 11.9. The summed E-state index contributed by atoms with van der Waals surface area (Å²) >= 11 is 0. The number of aromatic amines is 2. The molecule has 0 radical (unpaired) electrons. The summed E-state index contributed by atoms with van der Waals surface area (Å²) in [5.74, 6) is 0.653. The van der Waals surface area contributed by atoms with E-state index >= 15 is 0 Å². The molecule has 2 spiro atoms. The zero-order chi connectivity index (χ0) is 46.1. The summed E-state index contributed by atoms with van der Waals surface area (Å²) in [7, 11) is 0. The zero-order valence-electron chi connectivity index (χ0n) is 38.3. The van der Waals surface area contributed by atoms with Gasteiger partial charge < -0.3 is 50.2 Å². The molecule has 6 fully saturated rings. The van der Waals surface area contributed by atoms with Gasteiger partial charge in [0, 0.05) is 42.7 Å². The van der Waals surface area contributed by atoms with Crippen LogP contribution in [0.15, 0.2) is 48.8 Å². The number of carbonyl (C=O) groups is 4. The Morgan fingerprint density at radius 3 is 1.56 bits per heavy atom. The van der Waals surface area contributed by atoms with Crippen LogP contribution in [0, 0.1) is 25.7 Å². The lowest BCUT2D eigenvalue weighted by Crippen LogP contribution is -2.50. The molecular formula is C50H62N8O8. The molecule has 4 saturated heterocycles. The average molecular weight is 903 g/mol. The molecule has 0 bridgehead atoms. The highest BCUT2D eigenvalue weighted by Gasteiger charge is 2.54. The first-order chi connectivity index (χ1) is 31.7. The number of aromatic nitrogens is 4. The maximum Gasteiger partial charge on any atom is 0.405 e. The Morgan fingerprint density at radius 2 is 1.08 bits per heavy atom. The number of imidazole rings is 2. The van der Waals surface area contributed by atoms with Gasteiger partial charge in [-0.25, -0.2) is 19.6 Å². The first kappa shape index (κ1) is 44.1. The van der Waals surface area contributed by atoms with Gasteiger partial charge in [0.1, 0.15) is 11.6 Å². The highest BCUT2D eigenvalue weighted by Crippen LogP contribution is 2.51. The largest absolute Gasteiger partial charge is 0.436 e. The van der Waals surface area contributed by atoms with Gasteiger partial charge in [0.05, 0.1) is 47.1 Å². The standard InChI is InChI=1S/C50H62N8O8/c1-27-5-13-39(57(27)45(59)41(65-47(51)61)33-15-21-63-49(23-33)17-18-49)43-53-25-37(55-43)32-9-7-31(8-10-32)35-11-12-36(30(4)29(35)3)38-26-54-44(56-38)40-14-6-28(2)58(40)46(60)42(66-48(52)62)34-16-22-64-50(24-34)19-20-50/h7-12,25-28,33-34,39-42H,5-6,13-24H2,1-4H3,(H2,51,61)(H2,52,62)(H,53,55)(H,54,56)/t27-,28-,33?,34?,39?,40?,41?,42?/m0/s1. The molecule has 16 nitrogen and oxygen atoms in total. The van der Waals surface area contributed by atoms with Crippen molar-refractivity contribution in [2.45, 2.75) is 152 Å². The number of carbonyl (C=O) groups excluding carboxylic acids is 4. The minimum atomic E-state index is -0.961. The molecule has 350 valence electrons. The Balaban J connectivity index is 0.830. The summed E-state index contributed by atoms with van der Waals surface area (Å²) in [4.78, 5) is 73.2. The van der Waals surface area contributed by atoms with Crippen molar-refractivity contribution < 1.29 is 38.1 Å². The van der Waals surface area contributed by atoms with Crippen LogP contribution >= 0.6 is 0 Å². The van der Waals surface area contributed by atoms with Gasteiger partial charge in [0.2, 0.25) is 0 Å². The smallest absolute Gasteiger partial charge is 0.405 e. The van der Waals surface area contributed by atoms with Crippen molar-refractivity contribution >= 4 is 24.0 Å². The van der Waals surface area contributed by atoms with E-state index in [0.717, 1.165) is 96.1 Å². The average Bonchev–Trinajstić information content (AvgIpc) is 3.83. The predicted octanol–water partition coefficient (Wildman–Crippen LogP) is 7.70. The topological polar surface area (TPSA) is 221 Å². The third-order valence-electron chi connectivity index (χ3n) is 15.8. The van der Waals surface area contributed by atoms with Crippen molar-refractivity contribution in [2.24, 2.45) is 23.3 Å². The number of rotatable bonds is 11.